The Hall–Kier alpha value is -0.810. The second-order valence-corrected chi connectivity index (χ2v) is 7.06. The van der Waals surface area contributed by atoms with E-state index in [4.69, 9.17) is 11.6 Å². The van der Waals surface area contributed by atoms with Gasteiger partial charge in [-0.2, -0.15) is 0 Å². The van der Waals surface area contributed by atoms with E-state index in [1.807, 2.05) is 11.8 Å². The van der Waals surface area contributed by atoms with Gasteiger partial charge in [0.15, 0.2) is 9.84 Å². The molecule has 1 aromatic rings. The lowest BCUT2D eigenvalue weighted by Gasteiger charge is -2.36. The first-order valence-electron chi connectivity index (χ1n) is 5.74. The molecule has 0 saturated carbocycles. The Kier molecular flexibility index (Phi) is 3.82. The molecule has 0 spiro atoms. The third kappa shape index (κ3) is 2.78. The van der Waals surface area contributed by atoms with E-state index in [0.29, 0.717) is 12.1 Å². The molecular weight excluding hydrogens is 277 g/mol. The summed E-state index contributed by atoms with van der Waals surface area (Å²) in [7, 11) is -2.95. The summed E-state index contributed by atoms with van der Waals surface area (Å²) >= 11 is 5.82. The van der Waals surface area contributed by atoms with Crippen molar-refractivity contribution in [3.05, 3.63) is 29.6 Å². The fourth-order valence-electron chi connectivity index (χ4n) is 2.30. The van der Waals surface area contributed by atoms with Crippen LogP contribution in [0.15, 0.2) is 18.2 Å². The quantitative estimate of drug-likeness (QED) is 0.784. The number of rotatable bonds is 2. The Morgan fingerprint density at radius 2 is 2.22 bits per heavy atom. The van der Waals surface area contributed by atoms with Gasteiger partial charge in [-0.05, 0) is 30.7 Å². The first-order chi connectivity index (χ1) is 8.43. The van der Waals surface area contributed by atoms with Crippen LogP contribution in [0.25, 0.3) is 0 Å². The molecule has 1 aliphatic heterocycles. The fourth-order valence-corrected chi connectivity index (χ4v) is 4.07. The first kappa shape index (κ1) is 13.6. The Bertz CT molecular complexity index is 547. The molecule has 6 heteroatoms. The monoisotopic (exact) mass is 291 g/mol. The molecule has 0 bridgehead atoms. The minimum absolute atomic E-state index is 0.115. The lowest BCUT2D eigenvalue weighted by molar-refractivity contribution is 0.567. The van der Waals surface area contributed by atoms with Crippen LogP contribution in [0.1, 0.15) is 12.5 Å². The van der Waals surface area contributed by atoms with E-state index in [-0.39, 0.29) is 29.2 Å². The van der Waals surface area contributed by atoms with Crippen LogP contribution >= 0.6 is 11.6 Å². The second kappa shape index (κ2) is 5.05. The molecule has 1 heterocycles. The number of halogens is 2. The average molecular weight is 292 g/mol. The van der Waals surface area contributed by atoms with E-state index in [2.05, 4.69) is 0 Å². The van der Waals surface area contributed by atoms with Crippen molar-refractivity contribution in [2.24, 2.45) is 0 Å². The SMILES string of the molecule is CC1CS(=O)(=O)CCN1c1ccc(F)cc1CCl. The van der Waals surface area contributed by atoms with E-state index in [1.54, 1.807) is 6.07 Å². The van der Waals surface area contributed by atoms with Crippen LogP contribution in [0.5, 0.6) is 0 Å². The minimum atomic E-state index is -2.95. The third-order valence-corrected chi connectivity index (χ3v) is 5.25. The molecule has 1 saturated heterocycles. The van der Waals surface area contributed by atoms with Gasteiger partial charge in [0.05, 0.1) is 11.5 Å². The molecule has 2 rings (SSSR count). The van der Waals surface area contributed by atoms with Crippen LogP contribution < -0.4 is 4.90 Å². The second-order valence-electron chi connectivity index (χ2n) is 4.56. The van der Waals surface area contributed by atoms with Crippen molar-refractivity contribution in [3.63, 3.8) is 0 Å². The van der Waals surface area contributed by atoms with Crippen LogP contribution in [-0.4, -0.2) is 32.5 Å². The van der Waals surface area contributed by atoms with Crippen molar-refractivity contribution in [2.45, 2.75) is 18.8 Å². The van der Waals surface area contributed by atoms with Gasteiger partial charge in [-0.25, -0.2) is 12.8 Å². The highest BCUT2D eigenvalue weighted by Gasteiger charge is 2.29. The fraction of sp³-hybridized carbons (Fsp3) is 0.500. The van der Waals surface area contributed by atoms with Crippen LogP contribution in [-0.2, 0) is 15.7 Å². The lowest BCUT2D eigenvalue weighted by atomic mass is 10.1. The molecule has 1 unspecified atom stereocenters. The number of anilines is 1. The average Bonchev–Trinajstić information content (AvgIpc) is 2.29. The molecule has 1 aromatic carbocycles. The predicted octanol–water partition coefficient (Wildman–Crippen LogP) is 2.19. The van der Waals surface area contributed by atoms with E-state index in [1.165, 1.54) is 12.1 Å². The van der Waals surface area contributed by atoms with Gasteiger partial charge in [-0.15, -0.1) is 11.6 Å². The molecule has 0 aliphatic carbocycles. The van der Waals surface area contributed by atoms with Crippen molar-refractivity contribution in [1.82, 2.24) is 0 Å². The summed E-state index contributed by atoms with van der Waals surface area (Å²) < 4.78 is 36.2. The Balaban J connectivity index is 2.32. The topological polar surface area (TPSA) is 37.4 Å². The van der Waals surface area contributed by atoms with Gasteiger partial charge in [0.1, 0.15) is 5.82 Å². The molecule has 0 aromatic heterocycles. The molecule has 3 nitrogen and oxygen atoms in total. The zero-order chi connectivity index (χ0) is 13.3. The molecule has 18 heavy (non-hydrogen) atoms. The van der Waals surface area contributed by atoms with Crippen molar-refractivity contribution in [1.29, 1.82) is 0 Å². The highest BCUT2D eigenvalue weighted by atomic mass is 35.5. The van der Waals surface area contributed by atoms with Gasteiger partial charge in [-0.3, -0.25) is 0 Å². The maximum Gasteiger partial charge on any atom is 0.154 e. The van der Waals surface area contributed by atoms with Crippen LogP contribution in [0.3, 0.4) is 0 Å². The Morgan fingerprint density at radius 1 is 1.50 bits per heavy atom. The smallest absolute Gasteiger partial charge is 0.154 e. The van der Waals surface area contributed by atoms with E-state index >= 15 is 0 Å². The molecule has 1 atom stereocenters. The molecule has 0 N–H and O–H groups in total. The van der Waals surface area contributed by atoms with Gasteiger partial charge >= 0.3 is 0 Å². The van der Waals surface area contributed by atoms with Crippen molar-refractivity contribution >= 4 is 27.1 Å². The molecule has 1 aliphatic rings. The number of sulfone groups is 1. The number of benzene rings is 1. The summed E-state index contributed by atoms with van der Waals surface area (Å²) in [6.07, 6.45) is 0. The summed E-state index contributed by atoms with van der Waals surface area (Å²) in [4.78, 5) is 1.98. The number of hydrogen-bond donors (Lipinski definition) is 0. The first-order valence-corrected chi connectivity index (χ1v) is 8.10. The summed E-state index contributed by atoms with van der Waals surface area (Å²) in [5, 5.41) is 0. The molecule has 100 valence electrons. The van der Waals surface area contributed by atoms with E-state index in [0.717, 1.165) is 5.69 Å². The van der Waals surface area contributed by atoms with Gasteiger partial charge in [0, 0.05) is 24.2 Å². The third-order valence-electron chi connectivity index (χ3n) is 3.17. The minimum Gasteiger partial charge on any atom is -0.367 e. The standard InChI is InChI=1S/C12H15ClFNO2S/c1-9-8-18(16,17)5-4-15(9)12-3-2-11(14)6-10(12)7-13/h2-3,6,9H,4-5,7-8H2,1H3. The molecular formula is C12H15ClFNO2S. The number of hydrogen-bond acceptors (Lipinski definition) is 3. The highest BCUT2D eigenvalue weighted by molar-refractivity contribution is 7.91. The maximum atomic E-state index is 13.1. The lowest BCUT2D eigenvalue weighted by Crippen LogP contribution is -2.47. The summed E-state index contributed by atoms with van der Waals surface area (Å²) in [5.74, 6) is 0.151. The van der Waals surface area contributed by atoms with Crippen LogP contribution in [0.2, 0.25) is 0 Å². The van der Waals surface area contributed by atoms with Crippen molar-refractivity contribution < 1.29 is 12.8 Å². The number of alkyl halides is 1. The van der Waals surface area contributed by atoms with Crippen LogP contribution in [0.4, 0.5) is 10.1 Å². The van der Waals surface area contributed by atoms with E-state index < -0.39 is 9.84 Å². The zero-order valence-electron chi connectivity index (χ0n) is 10.1. The summed E-state index contributed by atoms with van der Waals surface area (Å²) in [6, 6.07) is 4.33. The molecule has 0 amide bonds. The normalized spacial score (nSPS) is 23.1. The molecule has 1 fully saturated rings. The van der Waals surface area contributed by atoms with Gasteiger partial charge in [0.25, 0.3) is 0 Å². The van der Waals surface area contributed by atoms with Gasteiger partial charge < -0.3 is 4.90 Å². The predicted molar refractivity (Wildman–Crippen MR) is 71.4 cm³/mol. The largest absolute Gasteiger partial charge is 0.367 e. The van der Waals surface area contributed by atoms with Gasteiger partial charge in [0.2, 0.25) is 0 Å². The van der Waals surface area contributed by atoms with Crippen molar-refractivity contribution in [2.75, 3.05) is 23.0 Å². The van der Waals surface area contributed by atoms with Gasteiger partial charge in [-0.1, -0.05) is 0 Å². The summed E-state index contributed by atoms with van der Waals surface area (Å²) in [6.45, 7) is 2.29. The van der Waals surface area contributed by atoms with Crippen molar-refractivity contribution in [3.8, 4) is 0 Å². The molecule has 0 radical (unpaired) electrons. The number of nitrogens with zero attached hydrogens (tertiary/aromatic N) is 1. The Labute approximate surface area is 111 Å². The Morgan fingerprint density at radius 3 is 2.83 bits per heavy atom. The van der Waals surface area contributed by atoms with Crippen LogP contribution in [0, 0.1) is 5.82 Å². The summed E-state index contributed by atoms with van der Waals surface area (Å²) in [5.41, 5.74) is 1.52. The van der Waals surface area contributed by atoms with E-state index in [9.17, 15) is 12.8 Å². The zero-order valence-corrected chi connectivity index (χ0v) is 11.6. The maximum absolute atomic E-state index is 13.1. The highest BCUT2D eigenvalue weighted by Crippen LogP contribution is 2.27.